The maximum absolute atomic E-state index is 2.71. The summed E-state index contributed by atoms with van der Waals surface area (Å²) in [6.07, 6.45) is 0. The van der Waals surface area contributed by atoms with Crippen molar-refractivity contribution in [3.63, 3.8) is 0 Å². The van der Waals surface area contributed by atoms with Crippen molar-refractivity contribution in [2.24, 2.45) is 0 Å². The zero-order valence-corrected chi connectivity index (χ0v) is 66.0. The van der Waals surface area contributed by atoms with Gasteiger partial charge in [-0.3, -0.25) is 0 Å². The molecule has 0 spiro atoms. The van der Waals surface area contributed by atoms with Gasteiger partial charge in [-0.15, -0.1) is 0 Å². The molecule has 0 aliphatic carbocycles. The molecule has 16 rings (SSSR count). The van der Waals surface area contributed by atoms with Crippen molar-refractivity contribution in [2.75, 3.05) is 9.80 Å². The van der Waals surface area contributed by atoms with Crippen molar-refractivity contribution < 1.29 is 0 Å². The molecule has 0 atom stereocenters. The zero-order chi connectivity index (χ0) is 74.1. The van der Waals surface area contributed by atoms with E-state index in [0.29, 0.717) is 0 Å². The summed E-state index contributed by atoms with van der Waals surface area (Å²) < 4.78 is 5.02. The van der Waals surface area contributed by atoms with Gasteiger partial charge in [0.25, 0.3) is 6.71 Å². The van der Waals surface area contributed by atoms with Gasteiger partial charge < -0.3 is 18.9 Å². The van der Waals surface area contributed by atoms with Crippen LogP contribution in [-0.4, -0.2) is 15.8 Å². The van der Waals surface area contributed by atoms with Crippen LogP contribution < -0.4 is 26.2 Å². The lowest BCUT2D eigenvalue weighted by Gasteiger charge is -2.46. The Labute approximate surface area is 625 Å². The first-order valence-corrected chi connectivity index (χ1v) is 38.3. The number of nitrogens with zero attached hydrogens (tertiary/aromatic N) is 4. The average Bonchev–Trinajstić information content (AvgIpc) is 1.09. The Bertz CT molecular complexity index is 5770. The minimum atomic E-state index is -0.269. The summed E-state index contributed by atoms with van der Waals surface area (Å²) in [5.41, 5.74) is 33.6. The fraction of sp³-hybridized carbons (Fsp3) is 0.280. The van der Waals surface area contributed by atoms with Crippen molar-refractivity contribution in [1.82, 2.24) is 9.13 Å². The molecule has 0 unspecified atom stereocenters. The molecule has 0 fully saturated rings. The molecule has 526 valence electrons. The highest BCUT2D eigenvalue weighted by Gasteiger charge is 2.46. The van der Waals surface area contributed by atoms with Crippen LogP contribution in [-0.2, 0) is 37.9 Å². The van der Waals surface area contributed by atoms with Gasteiger partial charge in [-0.25, -0.2) is 0 Å². The second-order valence-electron chi connectivity index (χ2n) is 37.6. The molecule has 12 aromatic carbocycles. The van der Waals surface area contributed by atoms with Gasteiger partial charge >= 0.3 is 0 Å². The summed E-state index contributed by atoms with van der Waals surface area (Å²) in [5, 5.41) is 4.89. The quantitative estimate of drug-likeness (QED) is 0.148. The Balaban J connectivity index is 1.05. The predicted octanol–water partition coefficient (Wildman–Crippen LogP) is 26.0. The first kappa shape index (κ1) is 69.3. The van der Waals surface area contributed by atoms with Crippen LogP contribution in [0.25, 0.3) is 88.4 Å². The number of para-hydroxylation sites is 3. The summed E-state index contributed by atoms with van der Waals surface area (Å²) in [6.45, 7) is 49.2. The van der Waals surface area contributed by atoms with Crippen LogP contribution >= 0.6 is 0 Å². The number of aromatic nitrogens is 2. The highest BCUT2D eigenvalue weighted by atomic mass is 15.2. The Morgan fingerprint density at radius 2 is 0.610 bits per heavy atom. The van der Waals surface area contributed by atoms with Crippen LogP contribution in [0.3, 0.4) is 0 Å². The van der Waals surface area contributed by atoms with Crippen LogP contribution in [0.1, 0.15) is 184 Å². The highest BCUT2D eigenvalue weighted by Crippen LogP contribution is 2.53. The van der Waals surface area contributed by atoms with Gasteiger partial charge in [0.1, 0.15) is 0 Å². The summed E-state index contributed by atoms with van der Waals surface area (Å²) in [4.78, 5) is 5.40. The molecule has 105 heavy (non-hydrogen) atoms. The lowest BCUT2D eigenvalue weighted by atomic mass is 9.33. The van der Waals surface area contributed by atoms with E-state index in [1.807, 2.05) is 0 Å². The van der Waals surface area contributed by atoms with Crippen molar-refractivity contribution in [1.29, 1.82) is 0 Å². The van der Waals surface area contributed by atoms with E-state index in [1.165, 1.54) is 149 Å². The van der Waals surface area contributed by atoms with E-state index in [9.17, 15) is 0 Å². The van der Waals surface area contributed by atoms with Gasteiger partial charge in [0.2, 0.25) is 0 Å². The van der Waals surface area contributed by atoms with E-state index in [0.717, 1.165) is 28.4 Å². The molecule has 5 heteroatoms. The third kappa shape index (κ3) is 11.9. The molecule has 4 nitrogen and oxygen atoms in total. The molecule has 2 aliphatic heterocycles. The maximum atomic E-state index is 2.71. The van der Waals surface area contributed by atoms with Crippen molar-refractivity contribution in [2.45, 2.75) is 183 Å². The largest absolute Gasteiger partial charge is 0.311 e. The molecule has 0 saturated heterocycles. The molecule has 2 aromatic heterocycles. The van der Waals surface area contributed by atoms with Gasteiger partial charge in [-0.1, -0.05) is 297 Å². The Morgan fingerprint density at radius 1 is 0.219 bits per heavy atom. The second kappa shape index (κ2) is 24.2. The highest BCUT2D eigenvalue weighted by molar-refractivity contribution is 7.00. The number of fused-ring (bicyclic) bond motifs is 10. The molecule has 0 bridgehead atoms. The maximum Gasteiger partial charge on any atom is 0.252 e. The van der Waals surface area contributed by atoms with Crippen molar-refractivity contribution in [3.8, 4) is 44.8 Å². The van der Waals surface area contributed by atoms with E-state index in [2.05, 4.69) is 407 Å². The number of hydrogen-bond acceptors (Lipinski definition) is 2. The average molecular weight is 1370 g/mol. The number of rotatable bonds is 7. The molecule has 0 N–H and O–H groups in total. The first-order chi connectivity index (χ1) is 49.5. The van der Waals surface area contributed by atoms with E-state index >= 15 is 0 Å². The van der Waals surface area contributed by atoms with Crippen LogP contribution in [0.5, 0.6) is 0 Å². The minimum Gasteiger partial charge on any atom is -0.311 e. The molecular weight excluding hydrogens is 1270 g/mol. The minimum absolute atomic E-state index is 0.00688. The lowest BCUT2D eigenvalue weighted by molar-refractivity contribution is 0.569. The van der Waals surface area contributed by atoms with E-state index in [-0.39, 0.29) is 44.6 Å². The fourth-order valence-electron chi connectivity index (χ4n) is 16.6. The second-order valence-corrected chi connectivity index (χ2v) is 37.6. The summed E-state index contributed by atoms with van der Waals surface area (Å²) >= 11 is 0. The van der Waals surface area contributed by atoms with Crippen molar-refractivity contribution >= 4 is 101 Å². The molecule has 0 radical (unpaired) electrons. The third-order valence-corrected chi connectivity index (χ3v) is 23.0. The third-order valence-electron chi connectivity index (χ3n) is 23.0. The monoisotopic (exact) mass is 1370 g/mol. The predicted molar refractivity (Wildman–Crippen MR) is 456 cm³/mol. The zero-order valence-electron chi connectivity index (χ0n) is 66.0. The molecule has 0 amide bonds. The fourth-order valence-corrected chi connectivity index (χ4v) is 16.6. The van der Waals surface area contributed by atoms with E-state index in [4.69, 9.17) is 0 Å². The van der Waals surface area contributed by atoms with Crippen LogP contribution in [0.15, 0.2) is 243 Å². The lowest BCUT2D eigenvalue weighted by Crippen LogP contribution is -2.61. The Kier molecular flexibility index (Phi) is 16.0. The van der Waals surface area contributed by atoms with Gasteiger partial charge in [0, 0.05) is 66.8 Å². The first-order valence-electron chi connectivity index (χ1n) is 38.3. The summed E-state index contributed by atoms with van der Waals surface area (Å²) in [6, 6.07) is 95.3. The van der Waals surface area contributed by atoms with E-state index in [1.54, 1.807) is 0 Å². The van der Waals surface area contributed by atoms with Crippen LogP contribution in [0.2, 0.25) is 0 Å². The topological polar surface area (TPSA) is 16.3 Å². The number of anilines is 6. The Morgan fingerprint density at radius 3 is 1.07 bits per heavy atom. The summed E-state index contributed by atoms with van der Waals surface area (Å²) in [7, 11) is 0. The Hall–Kier alpha value is -10.1. The molecule has 2 aliphatic rings. The smallest absolute Gasteiger partial charge is 0.252 e. The molecular formula is C100H103BN4. The number of benzene rings is 12. The molecule has 0 saturated carbocycles. The number of hydrogen-bond donors (Lipinski definition) is 0. The van der Waals surface area contributed by atoms with Gasteiger partial charge in [-0.05, 0) is 206 Å². The SMILES string of the molecule is CC(C)(C)c1ccc(-c2cc(C(C)(C)C)ccc2N2c3ccc(-c4cc(C(C)(C)C)cc(C(C)(C)C)c4)cc3B3c4ccc(-n5c6ccccc6c6cc7c(cc65)c5ccccc5n7-c5ccccc5)cc4N(c4ccc(C(C)(C)C)cc4-c4ccc(C(C)(C)C)cc4)c4cc(C(C)(C)C)cc2c43)cc1. The molecule has 4 heterocycles. The summed E-state index contributed by atoms with van der Waals surface area (Å²) in [5.74, 6) is 0. The van der Waals surface area contributed by atoms with Gasteiger partial charge in [-0.2, -0.15) is 0 Å². The van der Waals surface area contributed by atoms with Crippen LogP contribution in [0.4, 0.5) is 34.1 Å². The van der Waals surface area contributed by atoms with Crippen molar-refractivity contribution in [3.05, 3.63) is 282 Å². The van der Waals surface area contributed by atoms with Gasteiger partial charge in [0.05, 0.1) is 33.4 Å². The van der Waals surface area contributed by atoms with Crippen LogP contribution in [0, 0.1) is 0 Å². The van der Waals surface area contributed by atoms with Gasteiger partial charge in [0.15, 0.2) is 0 Å². The normalized spacial score (nSPS) is 13.7. The van der Waals surface area contributed by atoms with E-state index < -0.39 is 0 Å². The standard InChI is InChI=1S/C100H103BN4/c1-94(2,3)66-40-35-62(36-41-66)77-55-68(96(7,8)9)44-49-85(77)104-87-48-39-64(65-51-70(98(13,14)15)54-71(52-65)99(16,17)18)53-82(87)101-81-47-46-74(103-84-34-28-26-32-76(84)80-60-88-79(61-89(80)103)75-31-25-27-33-83(75)102(88)73-29-23-22-24-30-73)59-90(81)105(92-58-72(100(19,20)21)57-91(104)93(92)101)86-50-45-69(97(10,11)12)56-78(86)63-37-42-67(43-38-63)95(4,5)6/h22-61H,1-21H3. The molecule has 14 aromatic rings.